The van der Waals surface area contributed by atoms with Gasteiger partial charge in [0.2, 0.25) is 0 Å². The van der Waals surface area contributed by atoms with Gasteiger partial charge in [0.1, 0.15) is 5.76 Å². The number of carbonyl (C=O) groups excluding carboxylic acids is 1. The summed E-state index contributed by atoms with van der Waals surface area (Å²) in [4.78, 5) is 14.7. The smallest absolute Gasteiger partial charge is 0.254 e. The highest BCUT2D eigenvalue weighted by molar-refractivity contribution is 7.91. The molecule has 2 aromatic rings. The first-order chi connectivity index (χ1) is 11.9. The molecule has 0 bridgehead atoms. The Bertz CT molecular complexity index is 823. The van der Waals surface area contributed by atoms with Crippen molar-refractivity contribution in [2.24, 2.45) is 0 Å². The molecule has 1 saturated heterocycles. The maximum atomic E-state index is 13.0. The summed E-state index contributed by atoms with van der Waals surface area (Å²) in [6.45, 7) is 4.48. The van der Waals surface area contributed by atoms with Crippen LogP contribution >= 0.6 is 0 Å². The molecule has 0 saturated carbocycles. The van der Waals surface area contributed by atoms with Crippen molar-refractivity contribution in [1.82, 2.24) is 4.90 Å². The van der Waals surface area contributed by atoms with Gasteiger partial charge in [0.05, 0.1) is 24.3 Å². The predicted molar refractivity (Wildman–Crippen MR) is 96.2 cm³/mol. The van der Waals surface area contributed by atoms with Crippen LogP contribution < -0.4 is 0 Å². The molecule has 0 aliphatic carbocycles. The van der Waals surface area contributed by atoms with Crippen molar-refractivity contribution in [3.63, 3.8) is 0 Å². The van der Waals surface area contributed by atoms with Crippen LogP contribution in [0.25, 0.3) is 0 Å². The van der Waals surface area contributed by atoms with Crippen LogP contribution in [0.5, 0.6) is 0 Å². The second-order valence-electron chi connectivity index (χ2n) is 6.85. The van der Waals surface area contributed by atoms with E-state index in [-0.39, 0.29) is 30.0 Å². The van der Waals surface area contributed by atoms with Crippen LogP contribution in [0.2, 0.25) is 0 Å². The average molecular weight is 361 g/mol. The zero-order valence-corrected chi connectivity index (χ0v) is 15.3. The van der Waals surface area contributed by atoms with Crippen molar-refractivity contribution >= 4 is 15.7 Å². The molecule has 1 unspecified atom stereocenters. The van der Waals surface area contributed by atoms with Crippen molar-refractivity contribution in [1.29, 1.82) is 0 Å². The van der Waals surface area contributed by atoms with Crippen molar-refractivity contribution in [2.75, 3.05) is 11.5 Å². The summed E-state index contributed by atoms with van der Waals surface area (Å²) in [5.41, 5.74) is 1.73. The molecular weight excluding hydrogens is 338 g/mol. The van der Waals surface area contributed by atoms with Crippen LogP contribution in [-0.4, -0.2) is 36.8 Å². The molecule has 3 rings (SSSR count). The quantitative estimate of drug-likeness (QED) is 0.820. The Balaban J connectivity index is 1.86. The summed E-state index contributed by atoms with van der Waals surface area (Å²) in [5.74, 6) is 1.03. The SMILES string of the molecule is CC(C)c1ccc(C(=O)N(Cc2ccco2)C2CCS(=O)(=O)C2)cc1. The average Bonchev–Trinajstić information content (AvgIpc) is 3.21. The Hall–Kier alpha value is -2.08. The minimum atomic E-state index is -3.08. The van der Waals surface area contributed by atoms with Gasteiger partial charge in [-0.15, -0.1) is 0 Å². The van der Waals surface area contributed by atoms with Crippen molar-refractivity contribution in [2.45, 2.75) is 38.8 Å². The first kappa shape index (κ1) is 17.7. The first-order valence-electron chi connectivity index (χ1n) is 8.49. The molecule has 5 nitrogen and oxygen atoms in total. The zero-order chi connectivity index (χ0) is 18.0. The molecule has 0 spiro atoms. The van der Waals surface area contributed by atoms with E-state index >= 15 is 0 Å². The summed E-state index contributed by atoms with van der Waals surface area (Å²) < 4.78 is 29.1. The highest BCUT2D eigenvalue weighted by Gasteiger charge is 2.35. The molecule has 1 amide bonds. The Morgan fingerprint density at radius 2 is 1.96 bits per heavy atom. The van der Waals surface area contributed by atoms with E-state index in [0.717, 1.165) is 5.56 Å². The molecule has 2 heterocycles. The molecule has 1 aliphatic rings. The normalized spacial score (nSPS) is 19.2. The number of rotatable bonds is 5. The van der Waals surface area contributed by atoms with E-state index in [1.807, 2.05) is 24.3 Å². The number of carbonyl (C=O) groups is 1. The third-order valence-corrected chi connectivity index (χ3v) is 6.39. The molecule has 1 aliphatic heterocycles. The lowest BCUT2D eigenvalue weighted by Gasteiger charge is -2.27. The Labute approximate surface area is 148 Å². The van der Waals surface area contributed by atoms with E-state index in [1.165, 1.54) is 0 Å². The first-order valence-corrected chi connectivity index (χ1v) is 10.3. The number of hydrogen-bond acceptors (Lipinski definition) is 4. The molecular formula is C19H23NO4S. The van der Waals surface area contributed by atoms with Gasteiger partial charge in [0.15, 0.2) is 9.84 Å². The van der Waals surface area contributed by atoms with Gasteiger partial charge in [0, 0.05) is 11.6 Å². The molecule has 1 fully saturated rings. The van der Waals surface area contributed by atoms with Crippen molar-refractivity contribution in [3.05, 3.63) is 59.5 Å². The summed E-state index contributed by atoms with van der Waals surface area (Å²) in [7, 11) is -3.08. The second-order valence-corrected chi connectivity index (χ2v) is 9.07. The van der Waals surface area contributed by atoms with E-state index in [1.54, 1.807) is 23.3 Å². The highest BCUT2D eigenvalue weighted by Crippen LogP contribution is 2.23. The maximum Gasteiger partial charge on any atom is 0.254 e. The van der Waals surface area contributed by atoms with Crippen LogP contribution in [0.15, 0.2) is 47.1 Å². The molecule has 1 aromatic heterocycles. The second kappa shape index (κ2) is 7.04. The lowest BCUT2D eigenvalue weighted by Crippen LogP contribution is -2.40. The molecule has 1 aromatic carbocycles. The van der Waals surface area contributed by atoms with E-state index in [9.17, 15) is 13.2 Å². The third-order valence-electron chi connectivity index (χ3n) is 4.64. The minimum Gasteiger partial charge on any atom is -0.467 e. The number of benzene rings is 1. The molecule has 6 heteroatoms. The van der Waals surface area contributed by atoms with E-state index in [4.69, 9.17) is 4.42 Å². The third kappa shape index (κ3) is 4.12. The largest absolute Gasteiger partial charge is 0.467 e. The molecule has 134 valence electrons. The number of nitrogens with zero attached hydrogens (tertiary/aromatic N) is 1. The van der Waals surface area contributed by atoms with Crippen molar-refractivity contribution < 1.29 is 17.6 Å². The standard InChI is InChI=1S/C19H23NO4S/c1-14(2)15-5-7-16(8-6-15)19(21)20(12-18-4-3-10-24-18)17-9-11-25(22,23)13-17/h3-8,10,14,17H,9,11-13H2,1-2H3. The highest BCUT2D eigenvalue weighted by atomic mass is 32.2. The van der Waals surface area contributed by atoms with Gasteiger partial charge < -0.3 is 9.32 Å². The topological polar surface area (TPSA) is 67.6 Å². The van der Waals surface area contributed by atoms with Crippen LogP contribution in [0.1, 0.15) is 47.9 Å². The monoisotopic (exact) mass is 361 g/mol. The zero-order valence-electron chi connectivity index (χ0n) is 14.5. The fraction of sp³-hybridized carbons (Fsp3) is 0.421. The van der Waals surface area contributed by atoms with Crippen LogP contribution in [0.4, 0.5) is 0 Å². The number of sulfone groups is 1. The number of furan rings is 1. The van der Waals surface area contributed by atoms with Gasteiger partial charge in [0.25, 0.3) is 5.91 Å². The van der Waals surface area contributed by atoms with Gasteiger partial charge in [-0.1, -0.05) is 26.0 Å². The van der Waals surface area contributed by atoms with Gasteiger partial charge >= 0.3 is 0 Å². The predicted octanol–water partition coefficient (Wildman–Crippen LogP) is 3.23. The number of hydrogen-bond donors (Lipinski definition) is 0. The van der Waals surface area contributed by atoms with Gasteiger partial charge in [-0.3, -0.25) is 4.79 Å². The van der Waals surface area contributed by atoms with E-state index < -0.39 is 9.84 Å². The summed E-state index contributed by atoms with van der Waals surface area (Å²) in [6, 6.07) is 10.8. The van der Waals surface area contributed by atoms with Gasteiger partial charge in [-0.25, -0.2) is 8.42 Å². The lowest BCUT2D eigenvalue weighted by atomic mass is 10.0. The fourth-order valence-electron chi connectivity index (χ4n) is 3.13. The number of amides is 1. The van der Waals surface area contributed by atoms with E-state index in [2.05, 4.69) is 13.8 Å². The van der Waals surface area contributed by atoms with Crippen LogP contribution in [0.3, 0.4) is 0 Å². The molecule has 1 atom stereocenters. The molecule has 0 radical (unpaired) electrons. The summed E-state index contributed by atoms with van der Waals surface area (Å²) >= 11 is 0. The minimum absolute atomic E-state index is 0.0174. The Morgan fingerprint density at radius 1 is 1.24 bits per heavy atom. The maximum absolute atomic E-state index is 13.0. The summed E-state index contributed by atoms with van der Waals surface area (Å²) in [5, 5.41) is 0. The van der Waals surface area contributed by atoms with Gasteiger partial charge in [-0.05, 0) is 42.2 Å². The Morgan fingerprint density at radius 3 is 2.48 bits per heavy atom. The molecule has 25 heavy (non-hydrogen) atoms. The lowest BCUT2D eigenvalue weighted by molar-refractivity contribution is 0.0666. The van der Waals surface area contributed by atoms with E-state index in [0.29, 0.717) is 23.7 Å². The van der Waals surface area contributed by atoms with Gasteiger partial charge in [-0.2, -0.15) is 0 Å². The van der Waals surface area contributed by atoms with Crippen LogP contribution in [0, 0.1) is 0 Å². The fourth-order valence-corrected chi connectivity index (χ4v) is 4.87. The Kier molecular flexibility index (Phi) is 4.99. The van der Waals surface area contributed by atoms with Crippen molar-refractivity contribution in [3.8, 4) is 0 Å². The summed E-state index contributed by atoms with van der Waals surface area (Å²) in [6.07, 6.45) is 2.03. The molecule has 0 N–H and O–H groups in total. The van der Waals surface area contributed by atoms with Crippen LogP contribution in [-0.2, 0) is 16.4 Å².